The Balaban J connectivity index is 2.33. The van der Waals surface area contributed by atoms with Gasteiger partial charge in [-0.3, -0.25) is 0 Å². The molecule has 0 radical (unpaired) electrons. The minimum absolute atomic E-state index is 0.117. The molecule has 0 saturated heterocycles. The van der Waals surface area contributed by atoms with E-state index in [1.165, 1.54) is 0 Å². The molecule has 1 nitrogen and oxygen atoms in total. The molecule has 2 aromatic rings. The number of halogens is 3. The van der Waals surface area contributed by atoms with Crippen LogP contribution in [0.2, 0.25) is 10.0 Å². The average Bonchev–Trinajstić information content (AvgIpc) is 2.44. The lowest BCUT2D eigenvalue weighted by atomic mass is 9.96. The van der Waals surface area contributed by atoms with E-state index in [2.05, 4.69) is 5.32 Å². The first kappa shape index (κ1) is 16.3. The summed E-state index contributed by atoms with van der Waals surface area (Å²) in [5.41, 5.74) is 2.27. The van der Waals surface area contributed by atoms with E-state index in [1.54, 1.807) is 25.1 Å². The normalized spacial score (nSPS) is 12.4. The molecule has 0 amide bonds. The van der Waals surface area contributed by atoms with Crippen LogP contribution in [0.25, 0.3) is 0 Å². The van der Waals surface area contributed by atoms with E-state index in [0.29, 0.717) is 27.6 Å². The molecule has 0 aliphatic heterocycles. The highest BCUT2D eigenvalue weighted by Crippen LogP contribution is 2.28. The first-order valence-corrected chi connectivity index (χ1v) is 7.70. The summed E-state index contributed by atoms with van der Waals surface area (Å²) in [6.07, 6.45) is 0.615. The van der Waals surface area contributed by atoms with Gasteiger partial charge in [0.15, 0.2) is 0 Å². The van der Waals surface area contributed by atoms with Gasteiger partial charge >= 0.3 is 0 Å². The van der Waals surface area contributed by atoms with Gasteiger partial charge in [0.05, 0.1) is 0 Å². The number of hydrogen-bond donors (Lipinski definition) is 1. The zero-order valence-corrected chi connectivity index (χ0v) is 13.6. The molecule has 0 saturated carbocycles. The minimum Gasteiger partial charge on any atom is -0.310 e. The van der Waals surface area contributed by atoms with Crippen molar-refractivity contribution in [3.63, 3.8) is 0 Å². The van der Waals surface area contributed by atoms with Crippen LogP contribution >= 0.6 is 23.2 Å². The van der Waals surface area contributed by atoms with Gasteiger partial charge in [-0.15, -0.1) is 0 Å². The average molecular weight is 326 g/mol. The number of aryl methyl sites for hydroxylation is 1. The van der Waals surface area contributed by atoms with Gasteiger partial charge in [-0.1, -0.05) is 54.4 Å². The van der Waals surface area contributed by atoms with Gasteiger partial charge in [-0.25, -0.2) is 4.39 Å². The molecule has 0 spiro atoms. The molecular formula is C17H18Cl2FN. The molecule has 0 aliphatic carbocycles. The third-order valence-electron chi connectivity index (χ3n) is 3.49. The van der Waals surface area contributed by atoms with Crippen LogP contribution in [0.4, 0.5) is 4.39 Å². The molecule has 2 rings (SSSR count). The fraction of sp³-hybridized carbons (Fsp3) is 0.294. The smallest absolute Gasteiger partial charge is 0.130 e. The van der Waals surface area contributed by atoms with E-state index in [1.807, 2.05) is 25.1 Å². The fourth-order valence-electron chi connectivity index (χ4n) is 2.38. The lowest BCUT2D eigenvalue weighted by Crippen LogP contribution is -2.24. The predicted molar refractivity (Wildman–Crippen MR) is 87.7 cm³/mol. The molecule has 1 unspecified atom stereocenters. The summed E-state index contributed by atoms with van der Waals surface area (Å²) >= 11 is 12.1. The van der Waals surface area contributed by atoms with Crippen LogP contribution in [0.15, 0.2) is 36.4 Å². The van der Waals surface area contributed by atoms with Gasteiger partial charge in [0.25, 0.3) is 0 Å². The Morgan fingerprint density at radius 2 is 1.95 bits per heavy atom. The molecule has 112 valence electrons. The Bertz CT molecular complexity index is 628. The third-order valence-corrected chi connectivity index (χ3v) is 4.07. The van der Waals surface area contributed by atoms with E-state index in [4.69, 9.17) is 23.2 Å². The molecule has 0 aromatic heterocycles. The van der Waals surface area contributed by atoms with Crippen molar-refractivity contribution in [1.29, 1.82) is 0 Å². The second-order valence-electron chi connectivity index (χ2n) is 5.03. The number of hydrogen-bond acceptors (Lipinski definition) is 1. The van der Waals surface area contributed by atoms with Gasteiger partial charge < -0.3 is 5.32 Å². The zero-order valence-electron chi connectivity index (χ0n) is 12.1. The van der Waals surface area contributed by atoms with Crippen LogP contribution < -0.4 is 5.32 Å². The van der Waals surface area contributed by atoms with Gasteiger partial charge in [0, 0.05) is 21.7 Å². The van der Waals surface area contributed by atoms with E-state index in [-0.39, 0.29) is 11.9 Å². The van der Waals surface area contributed by atoms with Crippen LogP contribution in [0, 0.1) is 12.7 Å². The van der Waals surface area contributed by atoms with Gasteiger partial charge in [0.1, 0.15) is 5.82 Å². The van der Waals surface area contributed by atoms with E-state index < -0.39 is 0 Å². The summed E-state index contributed by atoms with van der Waals surface area (Å²) in [6.45, 7) is 4.53. The van der Waals surface area contributed by atoms with Crippen molar-refractivity contribution in [2.45, 2.75) is 26.3 Å². The first-order chi connectivity index (χ1) is 10.0. The Kier molecular flexibility index (Phi) is 5.63. The molecular weight excluding hydrogens is 308 g/mol. The lowest BCUT2D eigenvalue weighted by Gasteiger charge is -2.20. The largest absolute Gasteiger partial charge is 0.310 e. The standard InChI is InChI=1S/C17H18Cl2FN/c1-3-21-16(14-6-4-5-11(2)17(14)20)9-12-7-8-13(18)10-15(12)19/h4-8,10,16,21H,3,9H2,1-2H3. The van der Waals surface area contributed by atoms with Crippen LogP contribution in [-0.4, -0.2) is 6.54 Å². The fourth-order valence-corrected chi connectivity index (χ4v) is 2.87. The van der Waals surface area contributed by atoms with Crippen LogP contribution in [-0.2, 0) is 6.42 Å². The number of benzene rings is 2. The highest BCUT2D eigenvalue weighted by atomic mass is 35.5. The molecule has 4 heteroatoms. The van der Waals surface area contributed by atoms with Gasteiger partial charge in [-0.05, 0) is 43.1 Å². The van der Waals surface area contributed by atoms with Crippen LogP contribution in [0.3, 0.4) is 0 Å². The highest BCUT2D eigenvalue weighted by Gasteiger charge is 2.17. The van der Waals surface area contributed by atoms with Crippen molar-refractivity contribution in [3.05, 3.63) is 69.0 Å². The molecule has 2 aromatic carbocycles. The second-order valence-corrected chi connectivity index (χ2v) is 5.87. The Hall–Kier alpha value is -1.09. The van der Waals surface area contributed by atoms with E-state index >= 15 is 0 Å². The van der Waals surface area contributed by atoms with E-state index in [0.717, 1.165) is 12.1 Å². The lowest BCUT2D eigenvalue weighted by molar-refractivity contribution is 0.507. The molecule has 1 N–H and O–H groups in total. The summed E-state index contributed by atoms with van der Waals surface area (Å²) in [5, 5.41) is 4.54. The van der Waals surface area contributed by atoms with Crippen molar-refractivity contribution >= 4 is 23.2 Å². The summed E-state index contributed by atoms with van der Waals surface area (Å²) in [4.78, 5) is 0. The molecule has 21 heavy (non-hydrogen) atoms. The SMILES string of the molecule is CCNC(Cc1ccc(Cl)cc1Cl)c1cccc(C)c1F. The number of nitrogens with one attached hydrogen (secondary N) is 1. The molecule has 0 fully saturated rings. The maximum absolute atomic E-state index is 14.3. The van der Waals surface area contributed by atoms with Crippen molar-refractivity contribution in [1.82, 2.24) is 5.32 Å². The Morgan fingerprint density at radius 3 is 2.62 bits per heavy atom. The number of likely N-dealkylation sites (N-methyl/N-ethyl adjacent to an activating group) is 1. The second kappa shape index (κ2) is 7.26. The molecule has 0 bridgehead atoms. The monoisotopic (exact) mass is 325 g/mol. The van der Waals surface area contributed by atoms with Gasteiger partial charge in [-0.2, -0.15) is 0 Å². The summed E-state index contributed by atoms with van der Waals surface area (Å²) in [6, 6.07) is 10.8. The maximum atomic E-state index is 14.3. The number of rotatable bonds is 5. The first-order valence-electron chi connectivity index (χ1n) is 6.95. The predicted octanol–water partition coefficient (Wildman–Crippen LogP) is 5.33. The summed E-state index contributed by atoms with van der Waals surface area (Å²) in [5.74, 6) is -0.159. The zero-order chi connectivity index (χ0) is 15.4. The van der Waals surface area contributed by atoms with E-state index in [9.17, 15) is 4.39 Å². The topological polar surface area (TPSA) is 12.0 Å². The van der Waals surface area contributed by atoms with Crippen molar-refractivity contribution in [2.24, 2.45) is 0 Å². The van der Waals surface area contributed by atoms with Crippen molar-refractivity contribution < 1.29 is 4.39 Å². The van der Waals surface area contributed by atoms with Crippen LogP contribution in [0.5, 0.6) is 0 Å². The highest BCUT2D eigenvalue weighted by molar-refractivity contribution is 6.35. The Morgan fingerprint density at radius 1 is 1.19 bits per heavy atom. The van der Waals surface area contributed by atoms with Crippen molar-refractivity contribution in [3.8, 4) is 0 Å². The Labute approximate surface area is 135 Å². The molecule has 0 heterocycles. The maximum Gasteiger partial charge on any atom is 0.130 e. The third kappa shape index (κ3) is 3.97. The summed E-state index contributed by atoms with van der Waals surface area (Å²) in [7, 11) is 0. The molecule has 1 atom stereocenters. The minimum atomic E-state index is -0.159. The molecule has 0 aliphatic rings. The van der Waals surface area contributed by atoms with Crippen molar-refractivity contribution in [2.75, 3.05) is 6.54 Å². The van der Waals surface area contributed by atoms with Crippen LogP contribution in [0.1, 0.15) is 29.7 Å². The quantitative estimate of drug-likeness (QED) is 0.782. The summed E-state index contributed by atoms with van der Waals surface area (Å²) < 4.78 is 14.3. The van der Waals surface area contributed by atoms with Gasteiger partial charge in [0.2, 0.25) is 0 Å².